The number of fused-ring (bicyclic) bond motifs is 2. The predicted molar refractivity (Wildman–Crippen MR) is 83.8 cm³/mol. The van der Waals surface area contributed by atoms with E-state index in [-0.39, 0.29) is 5.43 Å². The molecule has 1 aliphatic rings. The predicted octanol–water partition coefficient (Wildman–Crippen LogP) is 3.58. The Hall–Kier alpha value is -2.26. The maximum Gasteiger partial charge on any atom is 0.206 e. The van der Waals surface area contributed by atoms with Crippen molar-refractivity contribution in [3.05, 3.63) is 69.3 Å². The first-order valence-corrected chi connectivity index (χ1v) is 7.19. The van der Waals surface area contributed by atoms with Gasteiger partial charge in [0.1, 0.15) is 0 Å². The second kappa shape index (κ2) is 4.64. The number of para-hydroxylation sites is 1. The van der Waals surface area contributed by atoms with Gasteiger partial charge in [0.2, 0.25) is 5.88 Å². The molecule has 0 amide bonds. The molecule has 4 heteroatoms. The summed E-state index contributed by atoms with van der Waals surface area (Å²) in [5.74, 6) is 0.654. The normalized spacial score (nSPS) is 13.2. The summed E-state index contributed by atoms with van der Waals surface area (Å²) in [4.78, 5) is 12.5. The number of hydrogen-bond donors (Lipinski definition) is 0. The van der Waals surface area contributed by atoms with Crippen LogP contribution in [0.25, 0.3) is 16.6 Å². The van der Waals surface area contributed by atoms with Gasteiger partial charge >= 0.3 is 0 Å². The zero-order valence-corrected chi connectivity index (χ0v) is 11.9. The number of nitrogens with zero attached hydrogens (tertiary/aromatic N) is 1. The standard InChI is InChI=1S/C17H12ClNO2/c18-11-5-7-12(8-6-11)19-15-4-2-1-3-13(15)16(20)14-9-10-21-17(14)19/h1-8H,9-10H2. The van der Waals surface area contributed by atoms with Crippen LogP contribution in [-0.4, -0.2) is 11.2 Å². The van der Waals surface area contributed by atoms with Gasteiger partial charge in [-0.05, 0) is 36.4 Å². The molecule has 3 aromatic rings. The number of ether oxygens (including phenoxy) is 1. The molecule has 0 atom stereocenters. The van der Waals surface area contributed by atoms with E-state index in [1.807, 2.05) is 53.1 Å². The minimum absolute atomic E-state index is 0.0725. The number of aromatic nitrogens is 1. The summed E-state index contributed by atoms with van der Waals surface area (Å²) in [5, 5.41) is 1.40. The Morgan fingerprint density at radius 3 is 2.62 bits per heavy atom. The van der Waals surface area contributed by atoms with Crippen LogP contribution in [0.5, 0.6) is 5.88 Å². The van der Waals surface area contributed by atoms with E-state index in [2.05, 4.69) is 0 Å². The Labute approximate surface area is 126 Å². The molecular weight excluding hydrogens is 286 g/mol. The number of pyridine rings is 1. The molecule has 0 unspecified atom stereocenters. The van der Waals surface area contributed by atoms with Crippen LogP contribution in [0.4, 0.5) is 0 Å². The summed E-state index contributed by atoms with van der Waals surface area (Å²) < 4.78 is 7.73. The quantitative estimate of drug-likeness (QED) is 0.687. The van der Waals surface area contributed by atoms with Gasteiger partial charge in [-0.25, -0.2) is 0 Å². The van der Waals surface area contributed by atoms with Gasteiger partial charge in [-0.1, -0.05) is 23.7 Å². The third-order valence-electron chi connectivity index (χ3n) is 3.80. The highest BCUT2D eigenvalue weighted by Crippen LogP contribution is 2.31. The Kier molecular flexibility index (Phi) is 2.76. The van der Waals surface area contributed by atoms with E-state index >= 15 is 0 Å². The third-order valence-corrected chi connectivity index (χ3v) is 4.05. The molecule has 2 aromatic carbocycles. The van der Waals surface area contributed by atoms with Crippen LogP contribution in [-0.2, 0) is 6.42 Å². The second-order valence-corrected chi connectivity index (χ2v) is 5.48. The van der Waals surface area contributed by atoms with Crippen LogP contribution in [0.1, 0.15) is 5.56 Å². The van der Waals surface area contributed by atoms with E-state index in [4.69, 9.17) is 16.3 Å². The first kappa shape index (κ1) is 12.5. The molecule has 0 saturated heterocycles. The van der Waals surface area contributed by atoms with Crippen molar-refractivity contribution in [2.45, 2.75) is 6.42 Å². The Balaban J connectivity index is 2.15. The van der Waals surface area contributed by atoms with Crippen molar-refractivity contribution in [1.29, 1.82) is 0 Å². The molecule has 1 aliphatic heterocycles. The van der Waals surface area contributed by atoms with Crippen molar-refractivity contribution >= 4 is 22.5 Å². The molecule has 21 heavy (non-hydrogen) atoms. The van der Waals surface area contributed by atoms with Crippen molar-refractivity contribution in [3.8, 4) is 11.6 Å². The molecule has 0 fully saturated rings. The lowest BCUT2D eigenvalue weighted by Crippen LogP contribution is -2.13. The lowest BCUT2D eigenvalue weighted by Gasteiger charge is -2.15. The van der Waals surface area contributed by atoms with E-state index < -0.39 is 0 Å². The number of halogens is 1. The topological polar surface area (TPSA) is 31.2 Å². The van der Waals surface area contributed by atoms with E-state index in [1.54, 1.807) is 0 Å². The molecule has 2 heterocycles. The second-order valence-electron chi connectivity index (χ2n) is 5.04. The first-order chi connectivity index (χ1) is 10.3. The molecule has 4 rings (SSSR count). The largest absolute Gasteiger partial charge is 0.478 e. The Morgan fingerprint density at radius 1 is 1.05 bits per heavy atom. The Bertz CT molecular complexity index is 897. The van der Waals surface area contributed by atoms with E-state index in [1.165, 1.54) is 0 Å². The van der Waals surface area contributed by atoms with Gasteiger partial charge < -0.3 is 4.74 Å². The molecule has 0 spiro atoms. The van der Waals surface area contributed by atoms with Crippen molar-refractivity contribution in [1.82, 2.24) is 4.57 Å². The van der Waals surface area contributed by atoms with Crippen molar-refractivity contribution in [2.24, 2.45) is 0 Å². The van der Waals surface area contributed by atoms with E-state index in [0.29, 0.717) is 23.9 Å². The summed E-state index contributed by atoms with van der Waals surface area (Å²) in [6, 6.07) is 15.2. The van der Waals surface area contributed by atoms with Gasteiger partial charge in [0.05, 0.1) is 17.7 Å². The van der Waals surface area contributed by atoms with Crippen LogP contribution in [0, 0.1) is 0 Å². The molecule has 0 aliphatic carbocycles. The maximum absolute atomic E-state index is 12.5. The minimum atomic E-state index is 0.0725. The molecule has 0 N–H and O–H groups in total. The molecular formula is C17H12ClNO2. The van der Waals surface area contributed by atoms with Gasteiger partial charge in [-0.15, -0.1) is 0 Å². The molecule has 0 bridgehead atoms. The van der Waals surface area contributed by atoms with Crippen molar-refractivity contribution in [2.75, 3.05) is 6.61 Å². The minimum Gasteiger partial charge on any atom is -0.478 e. The highest BCUT2D eigenvalue weighted by atomic mass is 35.5. The number of benzene rings is 2. The van der Waals surface area contributed by atoms with Gasteiger partial charge in [0.15, 0.2) is 5.43 Å². The van der Waals surface area contributed by atoms with Crippen LogP contribution >= 0.6 is 11.6 Å². The molecule has 0 radical (unpaired) electrons. The maximum atomic E-state index is 12.5. The zero-order chi connectivity index (χ0) is 14.4. The highest BCUT2D eigenvalue weighted by Gasteiger charge is 2.23. The van der Waals surface area contributed by atoms with Gasteiger partial charge in [0.25, 0.3) is 0 Å². The fourth-order valence-electron chi connectivity index (χ4n) is 2.83. The van der Waals surface area contributed by atoms with Crippen LogP contribution in [0.15, 0.2) is 53.3 Å². The fourth-order valence-corrected chi connectivity index (χ4v) is 2.96. The first-order valence-electron chi connectivity index (χ1n) is 6.81. The van der Waals surface area contributed by atoms with Crippen molar-refractivity contribution in [3.63, 3.8) is 0 Å². The molecule has 104 valence electrons. The average molecular weight is 298 g/mol. The summed E-state index contributed by atoms with van der Waals surface area (Å²) >= 11 is 5.97. The van der Waals surface area contributed by atoms with E-state index in [9.17, 15) is 4.79 Å². The lowest BCUT2D eigenvalue weighted by atomic mass is 10.1. The molecule has 3 nitrogen and oxygen atoms in total. The third kappa shape index (κ3) is 1.85. The number of hydrogen-bond acceptors (Lipinski definition) is 2. The Morgan fingerprint density at radius 2 is 1.81 bits per heavy atom. The van der Waals surface area contributed by atoms with Crippen LogP contribution < -0.4 is 10.2 Å². The highest BCUT2D eigenvalue weighted by molar-refractivity contribution is 6.30. The average Bonchev–Trinajstić information content (AvgIpc) is 2.99. The zero-order valence-electron chi connectivity index (χ0n) is 11.2. The smallest absolute Gasteiger partial charge is 0.206 e. The van der Waals surface area contributed by atoms with E-state index in [0.717, 1.165) is 22.2 Å². The lowest BCUT2D eigenvalue weighted by molar-refractivity contribution is 0.338. The molecule has 0 saturated carbocycles. The van der Waals surface area contributed by atoms with Gasteiger partial charge in [0, 0.05) is 22.5 Å². The van der Waals surface area contributed by atoms with Crippen molar-refractivity contribution < 1.29 is 4.74 Å². The van der Waals surface area contributed by atoms with Gasteiger partial charge in [-0.2, -0.15) is 0 Å². The summed E-state index contributed by atoms with van der Waals surface area (Å²) in [5.41, 5.74) is 2.62. The van der Waals surface area contributed by atoms with Crippen LogP contribution in [0.2, 0.25) is 5.02 Å². The monoisotopic (exact) mass is 297 g/mol. The summed E-state index contributed by atoms with van der Waals surface area (Å²) in [6.07, 6.45) is 0.659. The summed E-state index contributed by atoms with van der Waals surface area (Å²) in [7, 11) is 0. The summed E-state index contributed by atoms with van der Waals surface area (Å²) in [6.45, 7) is 0.550. The molecule has 1 aromatic heterocycles. The number of rotatable bonds is 1. The fraction of sp³-hybridized carbons (Fsp3) is 0.118. The van der Waals surface area contributed by atoms with Gasteiger partial charge in [-0.3, -0.25) is 9.36 Å². The SMILES string of the molecule is O=c1c2c(n(-c3ccc(Cl)cc3)c3ccccc13)OCC2. The van der Waals surface area contributed by atoms with Crippen LogP contribution in [0.3, 0.4) is 0 Å².